The van der Waals surface area contributed by atoms with Crippen LogP contribution < -0.4 is 5.32 Å². The summed E-state index contributed by atoms with van der Waals surface area (Å²) >= 11 is 0. The van der Waals surface area contributed by atoms with E-state index >= 15 is 0 Å². The summed E-state index contributed by atoms with van der Waals surface area (Å²) in [6, 6.07) is 10.3. The lowest BCUT2D eigenvalue weighted by atomic mass is 9.79. The first-order valence-electron chi connectivity index (χ1n) is 9.03. The molecule has 1 aromatic heterocycles. The van der Waals surface area contributed by atoms with Crippen molar-refractivity contribution < 1.29 is 9.53 Å². The highest BCUT2D eigenvalue weighted by atomic mass is 16.5. The van der Waals surface area contributed by atoms with E-state index in [1.54, 1.807) is 0 Å². The Labute approximate surface area is 149 Å². The Bertz CT molecular complexity index is 730. The summed E-state index contributed by atoms with van der Waals surface area (Å²) in [6.07, 6.45) is 1.99. The molecule has 0 bridgehead atoms. The van der Waals surface area contributed by atoms with Gasteiger partial charge in [0.25, 0.3) is 0 Å². The van der Waals surface area contributed by atoms with Crippen molar-refractivity contribution in [1.29, 1.82) is 0 Å². The summed E-state index contributed by atoms with van der Waals surface area (Å²) in [7, 11) is 4.18. The van der Waals surface area contributed by atoms with Gasteiger partial charge < -0.3 is 19.5 Å². The van der Waals surface area contributed by atoms with Crippen molar-refractivity contribution in [3.8, 4) is 0 Å². The average molecular weight is 343 g/mol. The van der Waals surface area contributed by atoms with Gasteiger partial charge in [0.1, 0.15) is 6.54 Å². The van der Waals surface area contributed by atoms with Crippen molar-refractivity contribution in [2.45, 2.75) is 26.3 Å². The van der Waals surface area contributed by atoms with Gasteiger partial charge in [-0.3, -0.25) is 4.79 Å². The number of fused-ring (bicyclic) bond motifs is 1. The SMILES string of the molecule is Cc1cc2ccccc2n1CC(=O)NCC1(CN(C)C)CCOCC1. The number of ether oxygens (including phenoxy) is 1. The van der Waals surface area contributed by atoms with Crippen molar-refractivity contribution in [1.82, 2.24) is 14.8 Å². The van der Waals surface area contributed by atoms with E-state index in [0.717, 1.165) is 43.8 Å². The first-order chi connectivity index (χ1) is 12.0. The van der Waals surface area contributed by atoms with Crippen LogP contribution >= 0.6 is 0 Å². The Kier molecular flexibility index (Phi) is 5.45. The van der Waals surface area contributed by atoms with E-state index in [2.05, 4.69) is 54.0 Å². The standard InChI is InChI=1S/C20H29N3O2/c1-16-12-17-6-4-5-7-18(17)23(16)13-19(24)21-14-20(15-22(2)3)8-10-25-11-9-20/h4-7,12H,8-11,13-15H2,1-3H3,(H,21,24). The number of aryl methyl sites for hydroxylation is 1. The van der Waals surface area contributed by atoms with E-state index in [1.165, 1.54) is 5.39 Å². The predicted molar refractivity (Wildman–Crippen MR) is 101 cm³/mol. The highest BCUT2D eigenvalue weighted by Crippen LogP contribution is 2.30. The number of nitrogens with zero attached hydrogens (tertiary/aromatic N) is 2. The molecule has 0 spiro atoms. The third-order valence-electron chi connectivity index (χ3n) is 5.19. The first-order valence-corrected chi connectivity index (χ1v) is 9.03. The van der Waals surface area contributed by atoms with Crippen LogP contribution in [0.4, 0.5) is 0 Å². The summed E-state index contributed by atoms with van der Waals surface area (Å²) in [5, 5.41) is 4.37. The maximum atomic E-state index is 12.6. The third kappa shape index (κ3) is 4.22. The second-order valence-corrected chi connectivity index (χ2v) is 7.56. The number of nitrogens with one attached hydrogen (secondary N) is 1. The molecule has 5 nitrogen and oxygen atoms in total. The van der Waals surface area contributed by atoms with E-state index in [-0.39, 0.29) is 11.3 Å². The lowest BCUT2D eigenvalue weighted by Gasteiger charge is -2.39. The van der Waals surface area contributed by atoms with E-state index in [1.807, 2.05) is 12.1 Å². The molecule has 0 radical (unpaired) electrons. The monoisotopic (exact) mass is 343 g/mol. The molecule has 1 aliphatic heterocycles. The molecule has 1 aromatic carbocycles. The smallest absolute Gasteiger partial charge is 0.239 e. The topological polar surface area (TPSA) is 46.5 Å². The number of amides is 1. The molecule has 3 rings (SSSR count). The lowest BCUT2D eigenvalue weighted by Crippen LogP contribution is -2.47. The van der Waals surface area contributed by atoms with Crippen LogP contribution in [0.5, 0.6) is 0 Å². The molecule has 1 N–H and O–H groups in total. The fourth-order valence-corrected chi connectivity index (χ4v) is 3.91. The molecule has 1 amide bonds. The molecule has 136 valence electrons. The minimum Gasteiger partial charge on any atom is -0.381 e. The first kappa shape index (κ1) is 18.0. The maximum absolute atomic E-state index is 12.6. The van der Waals surface area contributed by atoms with E-state index in [4.69, 9.17) is 4.74 Å². The highest BCUT2D eigenvalue weighted by Gasteiger charge is 2.33. The van der Waals surface area contributed by atoms with E-state index < -0.39 is 0 Å². The van der Waals surface area contributed by atoms with Gasteiger partial charge in [0.05, 0.1) is 0 Å². The van der Waals surface area contributed by atoms with Crippen LogP contribution in [0.1, 0.15) is 18.5 Å². The fraction of sp³-hybridized carbons (Fsp3) is 0.550. The minimum absolute atomic E-state index is 0.0778. The average Bonchev–Trinajstić information content (AvgIpc) is 2.89. The molecule has 5 heteroatoms. The minimum atomic E-state index is 0.0778. The van der Waals surface area contributed by atoms with Crippen LogP contribution in [0.15, 0.2) is 30.3 Å². The zero-order valence-electron chi connectivity index (χ0n) is 15.5. The van der Waals surface area contributed by atoms with Gasteiger partial charge in [-0.05, 0) is 51.4 Å². The number of hydrogen-bond donors (Lipinski definition) is 1. The Morgan fingerprint density at radius 2 is 2.00 bits per heavy atom. The van der Waals surface area contributed by atoms with E-state index in [0.29, 0.717) is 13.1 Å². The zero-order chi connectivity index (χ0) is 17.9. The predicted octanol–water partition coefficient (Wildman–Crippen LogP) is 2.42. The number of rotatable bonds is 6. The molecular formula is C20H29N3O2. The van der Waals surface area contributed by atoms with Crippen molar-refractivity contribution in [2.75, 3.05) is 40.4 Å². The number of carbonyl (C=O) groups is 1. The molecule has 0 aliphatic carbocycles. The normalized spacial score (nSPS) is 17.1. The summed E-state index contributed by atoms with van der Waals surface area (Å²) in [6.45, 7) is 5.68. The van der Waals surface area contributed by atoms with Crippen molar-refractivity contribution in [3.05, 3.63) is 36.0 Å². The summed E-state index contributed by atoms with van der Waals surface area (Å²) in [5.74, 6) is 0.0778. The molecule has 2 aromatic rings. The third-order valence-corrected chi connectivity index (χ3v) is 5.19. The van der Waals surface area contributed by atoms with Crippen LogP contribution in [0, 0.1) is 12.3 Å². The molecule has 2 heterocycles. The van der Waals surface area contributed by atoms with Crippen LogP contribution in [-0.2, 0) is 16.1 Å². The highest BCUT2D eigenvalue weighted by molar-refractivity contribution is 5.84. The lowest BCUT2D eigenvalue weighted by molar-refractivity contribution is -0.122. The number of aromatic nitrogens is 1. The van der Waals surface area contributed by atoms with E-state index in [9.17, 15) is 4.79 Å². The summed E-state index contributed by atoms with van der Waals surface area (Å²) < 4.78 is 7.62. The molecular weight excluding hydrogens is 314 g/mol. The number of benzene rings is 1. The van der Waals surface area contributed by atoms with Crippen LogP contribution in [0.25, 0.3) is 10.9 Å². The van der Waals surface area contributed by atoms with Gasteiger partial charge in [-0.15, -0.1) is 0 Å². The number of carbonyl (C=O) groups excluding carboxylic acids is 1. The van der Waals surface area contributed by atoms with Crippen LogP contribution in [0.3, 0.4) is 0 Å². The van der Waals surface area contributed by atoms with Crippen molar-refractivity contribution >= 4 is 16.8 Å². The zero-order valence-corrected chi connectivity index (χ0v) is 15.5. The van der Waals surface area contributed by atoms with Gasteiger partial charge in [0, 0.05) is 42.9 Å². The van der Waals surface area contributed by atoms with Gasteiger partial charge in [0.2, 0.25) is 5.91 Å². The molecule has 25 heavy (non-hydrogen) atoms. The quantitative estimate of drug-likeness (QED) is 0.876. The number of para-hydroxylation sites is 1. The Balaban J connectivity index is 1.66. The van der Waals surface area contributed by atoms with Gasteiger partial charge in [0.15, 0.2) is 0 Å². The second-order valence-electron chi connectivity index (χ2n) is 7.56. The second kappa shape index (κ2) is 7.58. The largest absolute Gasteiger partial charge is 0.381 e. The number of hydrogen-bond acceptors (Lipinski definition) is 3. The van der Waals surface area contributed by atoms with Crippen molar-refractivity contribution in [3.63, 3.8) is 0 Å². The Hall–Kier alpha value is -1.85. The molecule has 1 fully saturated rings. The van der Waals surface area contributed by atoms with Crippen LogP contribution in [-0.4, -0.2) is 55.8 Å². The molecule has 0 atom stereocenters. The summed E-state index contributed by atoms with van der Waals surface area (Å²) in [4.78, 5) is 14.8. The van der Waals surface area contributed by atoms with Gasteiger partial charge in [-0.1, -0.05) is 18.2 Å². The van der Waals surface area contributed by atoms with Crippen molar-refractivity contribution in [2.24, 2.45) is 5.41 Å². The Morgan fingerprint density at radius 1 is 1.28 bits per heavy atom. The van der Waals surface area contributed by atoms with Gasteiger partial charge >= 0.3 is 0 Å². The Morgan fingerprint density at radius 3 is 2.72 bits per heavy atom. The summed E-state index contributed by atoms with van der Waals surface area (Å²) in [5.41, 5.74) is 2.35. The maximum Gasteiger partial charge on any atom is 0.239 e. The molecule has 1 aliphatic rings. The molecule has 0 saturated carbocycles. The molecule has 1 saturated heterocycles. The fourth-order valence-electron chi connectivity index (χ4n) is 3.91. The molecule has 0 unspecified atom stereocenters. The van der Waals surface area contributed by atoms with Gasteiger partial charge in [-0.2, -0.15) is 0 Å². The van der Waals surface area contributed by atoms with Crippen LogP contribution in [0.2, 0.25) is 0 Å². The van der Waals surface area contributed by atoms with Gasteiger partial charge in [-0.25, -0.2) is 0 Å².